The van der Waals surface area contributed by atoms with E-state index in [1.165, 1.54) is 51.4 Å². The summed E-state index contributed by atoms with van der Waals surface area (Å²) in [4.78, 5) is 11.8. The Morgan fingerprint density at radius 1 is 0.935 bits per heavy atom. The standard InChI is InChI=1S/C28H46O3/c1-18(11-16-29)20-9-12-26(6)22-8-7-21-24(3,4)23(31-19(2)30)10-13-27(21)17-28(22,27)15-14-25(20,26)5/h18,20-23,29H,7-17H2,1-6H3. The number of ether oxygens (including phenoxy) is 1. The van der Waals surface area contributed by atoms with Crippen LogP contribution in [0.3, 0.4) is 0 Å². The first kappa shape index (κ1) is 22.2. The molecule has 5 fully saturated rings. The summed E-state index contributed by atoms with van der Waals surface area (Å²) >= 11 is 0. The van der Waals surface area contributed by atoms with E-state index < -0.39 is 0 Å². The van der Waals surface area contributed by atoms with Crippen LogP contribution in [-0.2, 0) is 9.53 Å². The van der Waals surface area contributed by atoms with E-state index in [2.05, 4.69) is 34.6 Å². The van der Waals surface area contributed by atoms with Gasteiger partial charge in [-0.25, -0.2) is 0 Å². The van der Waals surface area contributed by atoms with Crippen molar-refractivity contribution < 1.29 is 14.6 Å². The first-order chi connectivity index (χ1) is 14.5. The van der Waals surface area contributed by atoms with Crippen molar-refractivity contribution in [2.24, 2.45) is 50.7 Å². The van der Waals surface area contributed by atoms with E-state index in [1.54, 1.807) is 6.92 Å². The summed E-state index contributed by atoms with van der Waals surface area (Å²) in [6.45, 7) is 14.4. The van der Waals surface area contributed by atoms with Gasteiger partial charge in [0, 0.05) is 18.9 Å². The molecule has 0 aliphatic heterocycles. The summed E-state index contributed by atoms with van der Waals surface area (Å²) < 4.78 is 5.86. The molecule has 3 nitrogen and oxygen atoms in total. The predicted octanol–water partition coefficient (Wildman–Crippen LogP) is 6.38. The number of fused-ring (bicyclic) bond motifs is 2. The zero-order valence-electron chi connectivity index (χ0n) is 20.9. The minimum absolute atomic E-state index is 0.0912. The largest absolute Gasteiger partial charge is 0.462 e. The number of aliphatic hydroxyl groups is 1. The highest BCUT2D eigenvalue weighted by Crippen LogP contribution is 2.89. The van der Waals surface area contributed by atoms with Crippen LogP contribution in [-0.4, -0.2) is 23.8 Å². The van der Waals surface area contributed by atoms with Gasteiger partial charge in [0.15, 0.2) is 0 Å². The molecule has 0 heterocycles. The van der Waals surface area contributed by atoms with Crippen LogP contribution in [0.4, 0.5) is 0 Å². The van der Waals surface area contributed by atoms with E-state index in [9.17, 15) is 9.90 Å². The molecule has 0 bridgehead atoms. The summed E-state index contributed by atoms with van der Waals surface area (Å²) in [5.74, 6) is 2.86. The topological polar surface area (TPSA) is 46.5 Å². The average molecular weight is 431 g/mol. The van der Waals surface area contributed by atoms with E-state index in [-0.39, 0.29) is 17.5 Å². The highest BCUT2D eigenvalue weighted by Gasteiger charge is 2.82. The molecule has 5 aliphatic rings. The molecule has 9 atom stereocenters. The van der Waals surface area contributed by atoms with Gasteiger partial charge in [-0.1, -0.05) is 34.6 Å². The molecule has 0 radical (unpaired) electrons. The molecule has 0 amide bonds. The minimum Gasteiger partial charge on any atom is -0.462 e. The number of hydrogen-bond acceptors (Lipinski definition) is 3. The van der Waals surface area contributed by atoms with Gasteiger partial charge in [0.1, 0.15) is 6.10 Å². The molecule has 0 aromatic rings. The Kier molecular flexibility index (Phi) is 4.83. The van der Waals surface area contributed by atoms with Gasteiger partial charge in [-0.2, -0.15) is 0 Å². The fraction of sp³-hybridized carbons (Fsp3) is 0.964. The van der Waals surface area contributed by atoms with E-state index >= 15 is 0 Å². The van der Waals surface area contributed by atoms with Gasteiger partial charge in [0.2, 0.25) is 0 Å². The van der Waals surface area contributed by atoms with Gasteiger partial charge >= 0.3 is 5.97 Å². The van der Waals surface area contributed by atoms with E-state index in [4.69, 9.17) is 4.74 Å². The summed E-state index contributed by atoms with van der Waals surface area (Å²) in [6.07, 6.45) is 13.0. The molecule has 3 heteroatoms. The molecule has 9 unspecified atom stereocenters. The Bertz CT molecular complexity index is 759. The van der Waals surface area contributed by atoms with Crippen LogP contribution in [0, 0.1) is 50.7 Å². The SMILES string of the molecule is CC(=O)OC1CCC23CC24CCC2(C)C(C(C)CCO)CCC2(C)C4CCC3C1(C)C. The Morgan fingerprint density at radius 3 is 2.29 bits per heavy atom. The Labute approximate surface area is 190 Å². The van der Waals surface area contributed by atoms with Crippen LogP contribution in [0.25, 0.3) is 0 Å². The van der Waals surface area contributed by atoms with Crippen molar-refractivity contribution in [2.45, 2.75) is 112 Å². The molecule has 5 saturated carbocycles. The lowest BCUT2D eigenvalue weighted by Gasteiger charge is -2.63. The maximum absolute atomic E-state index is 11.8. The lowest BCUT2D eigenvalue weighted by molar-refractivity contribution is -0.181. The third kappa shape index (κ3) is 2.59. The normalized spacial score (nSPS) is 52.9. The van der Waals surface area contributed by atoms with Crippen LogP contribution in [0.5, 0.6) is 0 Å². The van der Waals surface area contributed by atoms with E-state index in [1.807, 2.05) is 0 Å². The maximum Gasteiger partial charge on any atom is 0.302 e. The average Bonchev–Trinajstić information content (AvgIpc) is 3.27. The van der Waals surface area contributed by atoms with Gasteiger partial charge in [0.05, 0.1) is 0 Å². The van der Waals surface area contributed by atoms with Crippen molar-refractivity contribution in [3.63, 3.8) is 0 Å². The first-order valence-electron chi connectivity index (χ1n) is 13.3. The molecular formula is C28H46O3. The number of carbonyl (C=O) groups is 1. The molecule has 0 aromatic carbocycles. The molecule has 5 aliphatic carbocycles. The highest BCUT2D eigenvalue weighted by molar-refractivity contribution is 5.66. The maximum atomic E-state index is 11.8. The summed E-state index contributed by atoms with van der Waals surface area (Å²) in [6, 6.07) is 0. The molecule has 0 saturated heterocycles. The summed E-state index contributed by atoms with van der Waals surface area (Å²) in [7, 11) is 0. The number of rotatable bonds is 4. The number of hydrogen-bond donors (Lipinski definition) is 1. The lowest BCUT2D eigenvalue weighted by atomic mass is 9.41. The van der Waals surface area contributed by atoms with Gasteiger partial charge in [-0.15, -0.1) is 0 Å². The molecule has 31 heavy (non-hydrogen) atoms. The fourth-order valence-electron chi connectivity index (χ4n) is 11.1. The van der Waals surface area contributed by atoms with Gasteiger partial charge < -0.3 is 9.84 Å². The second-order valence-corrected chi connectivity index (χ2v) is 13.6. The zero-order valence-corrected chi connectivity index (χ0v) is 20.9. The molecule has 0 aromatic heterocycles. The molecule has 2 spiro atoms. The van der Waals surface area contributed by atoms with Crippen molar-refractivity contribution >= 4 is 5.97 Å². The number of esters is 1. The fourth-order valence-corrected chi connectivity index (χ4v) is 11.1. The first-order valence-corrected chi connectivity index (χ1v) is 13.3. The van der Waals surface area contributed by atoms with Crippen molar-refractivity contribution in [1.82, 2.24) is 0 Å². The van der Waals surface area contributed by atoms with E-state index in [0.29, 0.717) is 40.1 Å². The number of aliphatic hydroxyl groups excluding tert-OH is 1. The van der Waals surface area contributed by atoms with Crippen molar-refractivity contribution in [3.05, 3.63) is 0 Å². The second kappa shape index (κ2) is 6.73. The van der Waals surface area contributed by atoms with Gasteiger partial charge in [-0.05, 0) is 110 Å². The second-order valence-electron chi connectivity index (χ2n) is 13.6. The van der Waals surface area contributed by atoms with Crippen LogP contribution in [0.1, 0.15) is 106 Å². The van der Waals surface area contributed by atoms with Crippen LogP contribution >= 0.6 is 0 Å². The minimum atomic E-state index is -0.108. The molecule has 176 valence electrons. The number of carbonyl (C=O) groups excluding carboxylic acids is 1. The van der Waals surface area contributed by atoms with Crippen molar-refractivity contribution in [3.8, 4) is 0 Å². The zero-order chi connectivity index (χ0) is 22.4. The van der Waals surface area contributed by atoms with Gasteiger partial charge in [0.25, 0.3) is 0 Å². The van der Waals surface area contributed by atoms with Crippen molar-refractivity contribution in [2.75, 3.05) is 6.61 Å². The summed E-state index contributed by atoms with van der Waals surface area (Å²) in [5.41, 5.74) is 2.03. The highest BCUT2D eigenvalue weighted by atomic mass is 16.5. The van der Waals surface area contributed by atoms with Crippen LogP contribution < -0.4 is 0 Å². The van der Waals surface area contributed by atoms with Crippen LogP contribution in [0.15, 0.2) is 0 Å². The quantitative estimate of drug-likeness (QED) is 0.527. The Balaban J connectivity index is 1.45. The van der Waals surface area contributed by atoms with Crippen LogP contribution in [0.2, 0.25) is 0 Å². The lowest BCUT2D eigenvalue weighted by Crippen LogP contribution is -2.58. The Hall–Kier alpha value is -0.570. The third-order valence-electron chi connectivity index (χ3n) is 12.7. The molecule has 5 rings (SSSR count). The predicted molar refractivity (Wildman–Crippen MR) is 123 cm³/mol. The van der Waals surface area contributed by atoms with Gasteiger partial charge in [-0.3, -0.25) is 4.79 Å². The van der Waals surface area contributed by atoms with Crippen molar-refractivity contribution in [1.29, 1.82) is 0 Å². The monoisotopic (exact) mass is 430 g/mol. The third-order valence-corrected chi connectivity index (χ3v) is 12.7. The smallest absolute Gasteiger partial charge is 0.302 e. The molecular weight excluding hydrogens is 384 g/mol. The van der Waals surface area contributed by atoms with E-state index in [0.717, 1.165) is 24.7 Å². The Morgan fingerprint density at radius 2 is 1.61 bits per heavy atom. The summed E-state index contributed by atoms with van der Waals surface area (Å²) in [5, 5.41) is 9.60. The molecule has 1 N–H and O–H groups in total.